The van der Waals surface area contributed by atoms with Gasteiger partial charge in [-0.25, -0.2) is 4.79 Å². The van der Waals surface area contributed by atoms with Gasteiger partial charge in [-0.15, -0.1) is 0 Å². The maximum Gasteiger partial charge on any atom is 0.326 e. The number of carboxylic acids is 1. The highest BCUT2D eigenvalue weighted by Gasteiger charge is 2.38. The van der Waals surface area contributed by atoms with E-state index in [9.17, 15) is 29.7 Å². The van der Waals surface area contributed by atoms with Gasteiger partial charge >= 0.3 is 5.97 Å². The molecule has 0 aromatic rings. The molecule has 0 aromatic heterocycles. The molecule has 0 saturated carbocycles. The lowest BCUT2D eigenvalue weighted by molar-refractivity contribution is -0.203. The molecule has 1 heterocycles. The highest BCUT2D eigenvalue weighted by Crippen LogP contribution is 2.20. The number of carbonyl (C=O) groups excluding carboxylic acids is 2. The third-order valence-electron chi connectivity index (χ3n) is 7.07. The smallest absolute Gasteiger partial charge is 0.326 e. The van der Waals surface area contributed by atoms with Gasteiger partial charge in [-0.05, 0) is 12.8 Å². The largest absolute Gasteiger partial charge is 0.480 e. The van der Waals surface area contributed by atoms with Crippen LogP contribution < -0.4 is 10.6 Å². The number of nitrogens with one attached hydrogen (secondary N) is 2. The van der Waals surface area contributed by atoms with Crippen molar-refractivity contribution in [2.75, 3.05) is 112 Å². The third kappa shape index (κ3) is 25.5. The van der Waals surface area contributed by atoms with Crippen molar-refractivity contribution in [3.05, 3.63) is 0 Å². The molecule has 0 aliphatic carbocycles. The van der Waals surface area contributed by atoms with E-state index in [0.29, 0.717) is 25.8 Å². The van der Waals surface area contributed by atoms with Gasteiger partial charge in [-0.2, -0.15) is 0 Å². The molecule has 2 amide bonds. The molecule has 0 radical (unpaired) electrons. The summed E-state index contributed by atoms with van der Waals surface area (Å²) < 4.78 is 33.5. The van der Waals surface area contributed by atoms with Crippen molar-refractivity contribution in [3.8, 4) is 0 Å². The zero-order valence-electron chi connectivity index (χ0n) is 30.8. The minimum absolute atomic E-state index is 0.000230. The molecule has 12 N–H and O–H groups in total. The summed E-state index contributed by atoms with van der Waals surface area (Å²) in [5, 5.41) is 94.7. The predicted molar refractivity (Wildman–Crippen MR) is 183 cm³/mol. The number of carboxylic acid groups (broad SMARTS) is 1. The van der Waals surface area contributed by atoms with E-state index in [1.165, 1.54) is 0 Å². The first kappa shape index (κ1) is 52.9. The fourth-order valence-corrected chi connectivity index (χ4v) is 4.24. The van der Waals surface area contributed by atoms with Crippen LogP contribution in [0.5, 0.6) is 0 Å². The van der Waals surface area contributed by atoms with Crippen LogP contribution in [0.3, 0.4) is 0 Å². The normalized spacial score (nSPS) is 17.0. The Morgan fingerprint density at radius 2 is 1.17 bits per heavy atom. The Kier molecular flexibility index (Phi) is 34.3. The number of hydrogen-bond acceptors (Lipinski definition) is 18. The van der Waals surface area contributed by atoms with E-state index >= 15 is 0 Å². The predicted octanol–water partition coefficient (Wildman–Crippen LogP) is -5.27. The number of aliphatic carboxylic acids is 1. The van der Waals surface area contributed by atoms with Crippen LogP contribution in [-0.4, -0.2) is 218 Å². The average Bonchev–Trinajstić information content (AvgIpc) is 3.60. The molecule has 1 aliphatic heterocycles. The summed E-state index contributed by atoms with van der Waals surface area (Å²) in [6.45, 7) is 1.70. The fourth-order valence-electron chi connectivity index (χ4n) is 4.24. The van der Waals surface area contributed by atoms with Gasteiger partial charge in [0.1, 0.15) is 36.6 Å². The highest BCUT2D eigenvalue weighted by molar-refractivity contribution is 5.87. The number of amides is 2. The Balaban J connectivity index is 0. The van der Waals surface area contributed by atoms with Gasteiger partial charge in [-0.3, -0.25) is 9.59 Å². The van der Waals surface area contributed by atoms with Crippen LogP contribution in [0.15, 0.2) is 0 Å². The van der Waals surface area contributed by atoms with Crippen molar-refractivity contribution in [2.45, 2.75) is 69.7 Å². The lowest BCUT2D eigenvalue weighted by Crippen LogP contribution is -2.53. The van der Waals surface area contributed by atoms with Crippen molar-refractivity contribution in [3.63, 3.8) is 0 Å². The van der Waals surface area contributed by atoms with Crippen LogP contribution in [0.2, 0.25) is 0 Å². The summed E-state index contributed by atoms with van der Waals surface area (Å²) in [7, 11) is 0. The Morgan fingerprint density at radius 1 is 0.736 bits per heavy atom. The number of aliphatic hydroxyl groups excluding tert-OH is 9. The number of ether oxygens (including phenoxy) is 6. The van der Waals surface area contributed by atoms with E-state index in [1.54, 1.807) is 13.8 Å². The zero-order chi connectivity index (χ0) is 40.5. The van der Waals surface area contributed by atoms with Crippen molar-refractivity contribution in [1.29, 1.82) is 0 Å². The molecule has 316 valence electrons. The molecule has 1 fully saturated rings. The maximum absolute atomic E-state index is 11.3. The topological polar surface area (TPSA) is 333 Å². The van der Waals surface area contributed by atoms with Gasteiger partial charge in [0.25, 0.3) is 0 Å². The van der Waals surface area contributed by atoms with Crippen molar-refractivity contribution in [1.82, 2.24) is 10.6 Å². The van der Waals surface area contributed by atoms with Gasteiger partial charge in [-0.1, -0.05) is 13.8 Å². The number of rotatable bonds is 30. The zero-order valence-corrected chi connectivity index (χ0v) is 30.8. The van der Waals surface area contributed by atoms with Crippen LogP contribution in [0.25, 0.3) is 0 Å². The maximum atomic E-state index is 11.3. The molecule has 53 heavy (non-hydrogen) atoms. The SMILES string of the molecule is CC(C)(CO)[C@@H](O)C(=O)NCCCO.O=C1CC[C@@H](C(=O)O)N1.OCCOCC(OCCO)C(OCCO)C(OCCO)C(COCCO)OCCO. The number of hydrogen-bond donors (Lipinski definition) is 12. The third-order valence-corrected chi connectivity index (χ3v) is 7.07. The monoisotopic (exact) mass is 780 g/mol. The molecule has 0 bridgehead atoms. The van der Waals surface area contributed by atoms with Crippen LogP contribution in [0.4, 0.5) is 0 Å². The lowest BCUT2D eigenvalue weighted by atomic mass is 9.87. The van der Waals surface area contributed by atoms with E-state index < -0.39 is 53.9 Å². The summed E-state index contributed by atoms with van der Waals surface area (Å²) in [5.41, 5.74) is -0.844. The second kappa shape index (κ2) is 34.3. The Morgan fingerprint density at radius 3 is 1.49 bits per heavy atom. The molecular weight excluding hydrogens is 716 g/mol. The molecule has 21 nitrogen and oxygen atoms in total. The summed E-state index contributed by atoms with van der Waals surface area (Å²) in [6, 6.07) is -0.641. The Hall–Kier alpha value is -2.19. The summed E-state index contributed by atoms with van der Waals surface area (Å²) in [4.78, 5) is 31.8. The van der Waals surface area contributed by atoms with Crippen LogP contribution in [0.1, 0.15) is 33.1 Å². The first-order chi connectivity index (χ1) is 25.3. The summed E-state index contributed by atoms with van der Waals surface area (Å²) in [5.74, 6) is -1.62. The van der Waals surface area contributed by atoms with Gasteiger partial charge in [0.05, 0.1) is 99.1 Å². The van der Waals surface area contributed by atoms with Gasteiger partial charge in [0.2, 0.25) is 11.8 Å². The quantitative estimate of drug-likeness (QED) is 0.0303. The minimum Gasteiger partial charge on any atom is -0.480 e. The van der Waals surface area contributed by atoms with Crippen molar-refractivity contribution >= 4 is 17.8 Å². The molecule has 4 unspecified atom stereocenters. The fraction of sp³-hybridized carbons (Fsp3) is 0.906. The van der Waals surface area contributed by atoms with E-state index in [1.807, 2.05) is 0 Å². The molecule has 0 aromatic carbocycles. The van der Waals surface area contributed by atoms with Gasteiger partial charge < -0.3 is 90.1 Å². The number of aliphatic hydroxyl groups is 9. The molecule has 0 spiro atoms. The second-order valence-corrected chi connectivity index (χ2v) is 11.9. The molecule has 21 heteroatoms. The standard InChI is InChI=1S/C18H38O12.C9H19NO4.C5H7NO3/c19-1-7-25-13-15(27-9-3-21)17(29-11-5-23)18(30-12-6-24)16(28-10-4-22)14-26-8-2-20;1-9(2,6-12)7(13)8(14)10-4-3-5-11;7-4-2-1-3(6-4)5(8)9/h15-24H,1-14H2;7,11-13H,3-6H2,1-2H3,(H,10,14);3H,1-2H2,(H,6,7)(H,8,9)/t;7-;3-/m.00/s1. The van der Waals surface area contributed by atoms with Crippen LogP contribution in [-0.2, 0) is 42.8 Å². The van der Waals surface area contributed by atoms with Crippen LogP contribution >= 0.6 is 0 Å². The first-order valence-electron chi connectivity index (χ1n) is 17.3. The molecule has 1 rings (SSSR count). The second-order valence-electron chi connectivity index (χ2n) is 11.9. The molecule has 1 aliphatic rings. The van der Waals surface area contributed by atoms with Crippen molar-refractivity contribution in [2.24, 2.45) is 5.41 Å². The van der Waals surface area contributed by atoms with E-state index in [0.717, 1.165) is 0 Å². The summed E-state index contributed by atoms with van der Waals surface area (Å²) >= 11 is 0. The van der Waals surface area contributed by atoms with Crippen molar-refractivity contribution < 1.29 is 93.9 Å². The molecular formula is C32H64N2O19. The minimum atomic E-state index is -1.23. The lowest BCUT2D eigenvalue weighted by Gasteiger charge is -2.37. The van der Waals surface area contributed by atoms with Gasteiger partial charge in [0.15, 0.2) is 0 Å². The molecule has 6 atom stereocenters. The summed E-state index contributed by atoms with van der Waals surface area (Å²) in [6.07, 6.45) is -3.32. The van der Waals surface area contributed by atoms with E-state index in [-0.39, 0.29) is 112 Å². The van der Waals surface area contributed by atoms with E-state index in [2.05, 4.69) is 10.6 Å². The Bertz CT molecular complexity index is 871. The average molecular weight is 781 g/mol. The highest BCUT2D eigenvalue weighted by atomic mass is 16.6. The molecule has 1 saturated heterocycles. The number of carbonyl (C=O) groups is 3. The Labute approximate surface area is 309 Å². The van der Waals surface area contributed by atoms with Crippen LogP contribution in [0, 0.1) is 5.41 Å². The van der Waals surface area contributed by atoms with Gasteiger partial charge in [0, 0.05) is 25.0 Å². The first-order valence-corrected chi connectivity index (χ1v) is 17.3. The van der Waals surface area contributed by atoms with E-state index in [4.69, 9.17) is 64.2 Å².